The van der Waals surface area contributed by atoms with Crippen LogP contribution in [-0.4, -0.2) is 20.2 Å². The van der Waals surface area contributed by atoms with E-state index >= 15 is 0 Å². The molecule has 0 radical (unpaired) electrons. The summed E-state index contributed by atoms with van der Waals surface area (Å²) in [5, 5.41) is 21.0. The fraction of sp³-hybridized carbons (Fsp3) is 0.200. The summed E-state index contributed by atoms with van der Waals surface area (Å²) < 4.78 is 20.2. The Morgan fingerprint density at radius 1 is 1.36 bits per heavy atom. The summed E-state index contributed by atoms with van der Waals surface area (Å²) in [5.74, 6) is 0.295. The lowest BCUT2D eigenvalue weighted by atomic mass is 10.1. The van der Waals surface area contributed by atoms with Gasteiger partial charge >= 0.3 is 0 Å². The monoisotopic (exact) mass is 297 g/mol. The summed E-state index contributed by atoms with van der Waals surface area (Å²) in [5.41, 5.74) is 2.79. The number of halogens is 1. The summed E-state index contributed by atoms with van der Waals surface area (Å²) in [4.78, 5) is 0. The summed E-state index contributed by atoms with van der Waals surface area (Å²) in [6.07, 6.45) is 0. The Hall–Kier alpha value is -3.01. The summed E-state index contributed by atoms with van der Waals surface area (Å²) in [6.45, 7) is 3.98. The molecule has 0 amide bonds. The maximum absolute atomic E-state index is 13.5. The van der Waals surface area contributed by atoms with Crippen molar-refractivity contribution in [3.05, 3.63) is 52.8 Å². The van der Waals surface area contributed by atoms with Gasteiger partial charge in [-0.2, -0.15) is 5.26 Å². The van der Waals surface area contributed by atoms with Crippen LogP contribution in [-0.2, 0) is 6.54 Å². The van der Waals surface area contributed by atoms with Gasteiger partial charge in [0.05, 0.1) is 12.2 Å². The van der Waals surface area contributed by atoms with Crippen LogP contribution >= 0.6 is 0 Å². The molecular weight excluding hydrogens is 285 g/mol. The first-order valence-corrected chi connectivity index (χ1v) is 6.61. The molecule has 0 bridgehead atoms. The van der Waals surface area contributed by atoms with E-state index in [-0.39, 0.29) is 11.5 Å². The predicted octanol–water partition coefficient (Wildman–Crippen LogP) is 2.61. The largest absolute Gasteiger partial charge is 0.361 e. The van der Waals surface area contributed by atoms with Crippen molar-refractivity contribution in [1.82, 2.24) is 20.2 Å². The maximum Gasteiger partial charge on any atom is 0.190 e. The van der Waals surface area contributed by atoms with Crippen LogP contribution in [0.1, 0.15) is 22.7 Å². The van der Waals surface area contributed by atoms with Crippen molar-refractivity contribution in [1.29, 1.82) is 5.26 Å². The Morgan fingerprint density at radius 3 is 2.82 bits per heavy atom. The lowest BCUT2D eigenvalue weighted by Gasteiger charge is -2.06. The Bertz CT molecular complexity index is 855. The van der Waals surface area contributed by atoms with Crippen LogP contribution in [0.15, 0.2) is 28.8 Å². The number of hydrogen-bond acceptors (Lipinski definition) is 5. The minimum atomic E-state index is -0.383. The first-order chi connectivity index (χ1) is 10.6. The highest BCUT2D eigenvalue weighted by molar-refractivity contribution is 5.64. The first-order valence-electron chi connectivity index (χ1n) is 6.61. The Balaban J connectivity index is 2.11. The predicted molar refractivity (Wildman–Crippen MR) is 75.2 cm³/mol. The number of aryl methyl sites for hydroxylation is 2. The fourth-order valence-corrected chi connectivity index (χ4v) is 2.30. The van der Waals surface area contributed by atoms with Gasteiger partial charge in [0.25, 0.3) is 0 Å². The minimum absolute atomic E-state index is 0.150. The minimum Gasteiger partial charge on any atom is -0.361 e. The number of hydrogen-bond donors (Lipinski definition) is 0. The molecule has 0 N–H and O–H groups in total. The van der Waals surface area contributed by atoms with Crippen molar-refractivity contribution in [3.63, 3.8) is 0 Å². The highest BCUT2D eigenvalue weighted by Gasteiger charge is 2.18. The average molecular weight is 297 g/mol. The second-order valence-corrected chi connectivity index (χ2v) is 4.87. The molecule has 2 aromatic heterocycles. The third-order valence-corrected chi connectivity index (χ3v) is 3.43. The molecule has 0 aliphatic carbocycles. The molecule has 6 nitrogen and oxygen atoms in total. The highest BCUT2D eigenvalue weighted by atomic mass is 19.1. The van der Waals surface area contributed by atoms with Crippen LogP contribution in [0.2, 0.25) is 0 Å². The lowest BCUT2D eigenvalue weighted by Crippen LogP contribution is -2.06. The molecule has 0 atom stereocenters. The fourth-order valence-electron chi connectivity index (χ4n) is 2.30. The van der Waals surface area contributed by atoms with Gasteiger partial charge in [-0.1, -0.05) is 22.5 Å². The van der Waals surface area contributed by atoms with Gasteiger partial charge < -0.3 is 4.52 Å². The molecule has 0 aliphatic rings. The topological polar surface area (TPSA) is 80.5 Å². The quantitative estimate of drug-likeness (QED) is 0.742. The number of benzene rings is 1. The zero-order valence-electron chi connectivity index (χ0n) is 12.0. The number of aromatic nitrogens is 4. The molecule has 0 saturated heterocycles. The van der Waals surface area contributed by atoms with Gasteiger partial charge in [0.15, 0.2) is 5.69 Å². The molecule has 2 heterocycles. The number of rotatable bonds is 3. The van der Waals surface area contributed by atoms with Gasteiger partial charge in [0.2, 0.25) is 0 Å². The standard InChI is InChI=1S/C15H12FN5O/c1-9-13(10(2)22-19-9)8-21-15(14(7-17)18-20-21)11-4-3-5-12(16)6-11/h3-6H,8H2,1-2H3. The zero-order chi connectivity index (χ0) is 15.7. The van der Waals surface area contributed by atoms with Crippen LogP contribution in [0.5, 0.6) is 0 Å². The van der Waals surface area contributed by atoms with Crippen LogP contribution in [0.4, 0.5) is 4.39 Å². The molecule has 1 aromatic carbocycles. The van der Waals surface area contributed by atoms with Crippen molar-refractivity contribution in [2.45, 2.75) is 20.4 Å². The van der Waals surface area contributed by atoms with Crippen molar-refractivity contribution in [3.8, 4) is 17.3 Å². The molecule has 0 spiro atoms. The number of nitriles is 1. The maximum atomic E-state index is 13.5. The molecule has 0 unspecified atom stereocenters. The van der Waals surface area contributed by atoms with E-state index in [0.29, 0.717) is 23.6 Å². The van der Waals surface area contributed by atoms with Crippen molar-refractivity contribution in [2.24, 2.45) is 0 Å². The van der Waals surface area contributed by atoms with E-state index in [4.69, 9.17) is 4.52 Å². The van der Waals surface area contributed by atoms with Crippen LogP contribution in [0.3, 0.4) is 0 Å². The van der Waals surface area contributed by atoms with Crippen LogP contribution < -0.4 is 0 Å². The van der Waals surface area contributed by atoms with E-state index < -0.39 is 0 Å². The summed E-state index contributed by atoms with van der Waals surface area (Å²) >= 11 is 0. The van der Waals surface area contributed by atoms with E-state index in [1.165, 1.54) is 12.1 Å². The molecule has 0 fully saturated rings. The average Bonchev–Trinajstić information content (AvgIpc) is 3.05. The van der Waals surface area contributed by atoms with Gasteiger partial charge in [-0.3, -0.25) is 0 Å². The van der Waals surface area contributed by atoms with Gasteiger partial charge in [0.1, 0.15) is 23.3 Å². The number of nitrogens with zero attached hydrogens (tertiary/aromatic N) is 5. The smallest absolute Gasteiger partial charge is 0.190 e. The summed E-state index contributed by atoms with van der Waals surface area (Å²) in [7, 11) is 0. The second-order valence-electron chi connectivity index (χ2n) is 4.87. The molecule has 22 heavy (non-hydrogen) atoms. The molecule has 0 aliphatic heterocycles. The van der Waals surface area contributed by atoms with Crippen molar-refractivity contribution < 1.29 is 8.91 Å². The van der Waals surface area contributed by atoms with E-state index in [1.54, 1.807) is 23.7 Å². The first kappa shape index (κ1) is 13.9. The second kappa shape index (κ2) is 5.41. The lowest BCUT2D eigenvalue weighted by molar-refractivity contribution is 0.391. The van der Waals surface area contributed by atoms with Crippen molar-refractivity contribution >= 4 is 0 Å². The highest BCUT2D eigenvalue weighted by Crippen LogP contribution is 2.24. The molecule has 7 heteroatoms. The van der Waals surface area contributed by atoms with Gasteiger partial charge in [0, 0.05) is 11.1 Å². The van der Waals surface area contributed by atoms with Gasteiger partial charge in [-0.15, -0.1) is 5.10 Å². The SMILES string of the molecule is Cc1noc(C)c1Cn1nnc(C#N)c1-c1cccc(F)c1. The molecule has 3 rings (SSSR count). The zero-order valence-corrected chi connectivity index (χ0v) is 12.0. The van der Waals surface area contributed by atoms with Gasteiger partial charge in [-0.25, -0.2) is 9.07 Å². The molecule has 3 aromatic rings. The third-order valence-electron chi connectivity index (χ3n) is 3.43. The van der Waals surface area contributed by atoms with E-state index in [9.17, 15) is 9.65 Å². The van der Waals surface area contributed by atoms with Crippen LogP contribution in [0, 0.1) is 31.0 Å². The van der Waals surface area contributed by atoms with Crippen LogP contribution in [0.25, 0.3) is 11.3 Å². The summed E-state index contributed by atoms with van der Waals surface area (Å²) in [6, 6.07) is 7.98. The molecular formula is C15H12FN5O. The van der Waals surface area contributed by atoms with Gasteiger partial charge in [-0.05, 0) is 26.0 Å². The Labute approximate surface area is 125 Å². The normalized spacial score (nSPS) is 10.6. The van der Waals surface area contributed by atoms with E-state index in [1.807, 2.05) is 13.0 Å². The van der Waals surface area contributed by atoms with Crippen molar-refractivity contribution in [2.75, 3.05) is 0 Å². The third kappa shape index (κ3) is 2.35. The molecule has 110 valence electrons. The van der Waals surface area contributed by atoms with E-state index in [0.717, 1.165) is 11.3 Å². The van der Waals surface area contributed by atoms with E-state index in [2.05, 4.69) is 15.5 Å². The Morgan fingerprint density at radius 2 is 2.18 bits per heavy atom. The molecule has 0 saturated carbocycles. The Kier molecular flexibility index (Phi) is 3.43.